The molecule has 2 rings (SSSR count). The molecule has 19 heavy (non-hydrogen) atoms. The molecule has 0 radical (unpaired) electrons. The fourth-order valence-corrected chi connectivity index (χ4v) is 2.36. The average Bonchev–Trinajstić information content (AvgIpc) is 2.63. The maximum Gasteiger partial charge on any atom is 0.328 e. The van der Waals surface area contributed by atoms with Crippen LogP contribution < -0.4 is 11.2 Å². The Kier molecular flexibility index (Phi) is 3.96. The summed E-state index contributed by atoms with van der Waals surface area (Å²) in [6, 6.07) is 0. The van der Waals surface area contributed by atoms with E-state index in [4.69, 9.17) is 11.6 Å². The van der Waals surface area contributed by atoms with Gasteiger partial charge < -0.3 is 0 Å². The minimum atomic E-state index is -0.581. The standard InChI is InChI=1S/C11H12BrClN4O2/c1-3-17-8(9(12)6(2)15-17)5-16-4-7(13)10(18)14-11(16)19/h4H,3,5H2,1-2H3,(H,14,18,19). The summed E-state index contributed by atoms with van der Waals surface area (Å²) < 4.78 is 3.99. The monoisotopic (exact) mass is 346 g/mol. The molecule has 0 spiro atoms. The second kappa shape index (κ2) is 5.34. The third-order valence-electron chi connectivity index (χ3n) is 2.74. The highest BCUT2D eigenvalue weighted by atomic mass is 79.9. The Bertz CT molecular complexity index is 731. The van der Waals surface area contributed by atoms with Crippen LogP contribution in [-0.2, 0) is 13.1 Å². The molecule has 6 nitrogen and oxygen atoms in total. The van der Waals surface area contributed by atoms with Crippen LogP contribution >= 0.6 is 27.5 Å². The van der Waals surface area contributed by atoms with E-state index in [0.29, 0.717) is 6.54 Å². The number of aryl methyl sites for hydroxylation is 2. The van der Waals surface area contributed by atoms with E-state index in [1.807, 2.05) is 13.8 Å². The molecule has 0 aliphatic rings. The Hall–Kier alpha value is -1.34. The molecule has 0 unspecified atom stereocenters. The Morgan fingerprint density at radius 1 is 1.47 bits per heavy atom. The first-order chi connectivity index (χ1) is 8.93. The van der Waals surface area contributed by atoms with E-state index in [-0.39, 0.29) is 11.6 Å². The first kappa shape index (κ1) is 14.1. The smallest absolute Gasteiger partial charge is 0.293 e. The molecule has 0 saturated heterocycles. The van der Waals surface area contributed by atoms with E-state index in [1.54, 1.807) is 4.68 Å². The Morgan fingerprint density at radius 2 is 2.16 bits per heavy atom. The van der Waals surface area contributed by atoms with Gasteiger partial charge in [-0.25, -0.2) is 4.79 Å². The van der Waals surface area contributed by atoms with Crippen molar-refractivity contribution in [3.05, 3.63) is 47.9 Å². The lowest BCUT2D eigenvalue weighted by atomic mass is 10.3. The van der Waals surface area contributed by atoms with Crippen molar-refractivity contribution in [1.29, 1.82) is 0 Å². The van der Waals surface area contributed by atoms with Crippen molar-refractivity contribution in [3.63, 3.8) is 0 Å². The van der Waals surface area contributed by atoms with Gasteiger partial charge in [0.2, 0.25) is 0 Å². The number of hydrogen-bond acceptors (Lipinski definition) is 3. The van der Waals surface area contributed by atoms with Gasteiger partial charge in [0.25, 0.3) is 5.56 Å². The van der Waals surface area contributed by atoms with Crippen molar-refractivity contribution in [1.82, 2.24) is 19.3 Å². The maximum atomic E-state index is 11.7. The number of nitrogens with zero attached hydrogens (tertiary/aromatic N) is 3. The summed E-state index contributed by atoms with van der Waals surface area (Å²) in [5.41, 5.74) is 0.621. The van der Waals surface area contributed by atoms with E-state index in [0.717, 1.165) is 15.9 Å². The van der Waals surface area contributed by atoms with Gasteiger partial charge in [-0.3, -0.25) is 19.0 Å². The van der Waals surface area contributed by atoms with Crippen LogP contribution in [0.25, 0.3) is 0 Å². The first-order valence-corrected chi connectivity index (χ1v) is 6.82. The maximum absolute atomic E-state index is 11.7. The van der Waals surface area contributed by atoms with Crippen molar-refractivity contribution >= 4 is 27.5 Å². The minimum absolute atomic E-state index is 0.0185. The molecule has 0 amide bonds. The van der Waals surface area contributed by atoms with Crippen LogP contribution in [-0.4, -0.2) is 19.3 Å². The lowest BCUT2D eigenvalue weighted by Gasteiger charge is -2.08. The molecule has 0 aliphatic heterocycles. The van der Waals surface area contributed by atoms with Gasteiger partial charge in [-0.15, -0.1) is 0 Å². The summed E-state index contributed by atoms with van der Waals surface area (Å²) >= 11 is 9.19. The number of rotatable bonds is 3. The van der Waals surface area contributed by atoms with Gasteiger partial charge in [-0.1, -0.05) is 11.6 Å². The van der Waals surface area contributed by atoms with Crippen LogP contribution in [0.4, 0.5) is 0 Å². The average molecular weight is 348 g/mol. The second-order valence-electron chi connectivity index (χ2n) is 4.03. The van der Waals surface area contributed by atoms with Gasteiger partial charge in [0, 0.05) is 12.7 Å². The second-order valence-corrected chi connectivity index (χ2v) is 5.23. The molecule has 0 atom stereocenters. The summed E-state index contributed by atoms with van der Waals surface area (Å²) in [5.74, 6) is 0. The minimum Gasteiger partial charge on any atom is -0.293 e. The lowest BCUT2D eigenvalue weighted by molar-refractivity contribution is 0.585. The molecule has 0 aromatic carbocycles. The number of halogens is 2. The summed E-state index contributed by atoms with van der Waals surface area (Å²) in [4.78, 5) is 25.1. The highest BCUT2D eigenvalue weighted by Gasteiger charge is 2.13. The summed E-state index contributed by atoms with van der Waals surface area (Å²) in [7, 11) is 0. The van der Waals surface area contributed by atoms with Crippen molar-refractivity contribution in [2.45, 2.75) is 26.9 Å². The molecule has 1 N–H and O–H groups in total. The molecular formula is C11H12BrClN4O2. The highest BCUT2D eigenvalue weighted by Crippen LogP contribution is 2.21. The predicted octanol–water partition coefficient (Wildman–Crippen LogP) is 1.53. The van der Waals surface area contributed by atoms with Gasteiger partial charge in [0.1, 0.15) is 5.02 Å². The third kappa shape index (κ3) is 2.66. The van der Waals surface area contributed by atoms with Crippen LogP contribution in [0.1, 0.15) is 18.3 Å². The van der Waals surface area contributed by atoms with E-state index >= 15 is 0 Å². The largest absolute Gasteiger partial charge is 0.328 e. The number of nitrogens with one attached hydrogen (secondary N) is 1. The predicted molar refractivity (Wildman–Crippen MR) is 75.8 cm³/mol. The zero-order valence-corrected chi connectivity index (χ0v) is 12.7. The van der Waals surface area contributed by atoms with Crippen molar-refractivity contribution in [2.24, 2.45) is 0 Å². The summed E-state index contributed by atoms with van der Waals surface area (Å²) in [5, 5.41) is 4.33. The van der Waals surface area contributed by atoms with E-state index in [2.05, 4.69) is 26.0 Å². The number of aromatic amines is 1. The molecule has 0 bridgehead atoms. The number of hydrogen-bond donors (Lipinski definition) is 1. The summed E-state index contributed by atoms with van der Waals surface area (Å²) in [6.45, 7) is 4.81. The first-order valence-electron chi connectivity index (χ1n) is 5.65. The van der Waals surface area contributed by atoms with Crippen LogP contribution in [0.3, 0.4) is 0 Å². The fourth-order valence-electron chi connectivity index (χ4n) is 1.78. The molecule has 2 heterocycles. The molecule has 0 fully saturated rings. The Labute approximate surface area is 122 Å². The highest BCUT2D eigenvalue weighted by molar-refractivity contribution is 9.10. The zero-order valence-electron chi connectivity index (χ0n) is 10.4. The fraction of sp³-hybridized carbons (Fsp3) is 0.364. The molecular weight excluding hydrogens is 336 g/mol. The SMILES string of the molecule is CCn1nc(C)c(Br)c1Cn1cc(Cl)c(=O)[nH]c1=O. The van der Waals surface area contributed by atoms with Crippen molar-refractivity contribution in [3.8, 4) is 0 Å². The molecule has 0 aliphatic carbocycles. The van der Waals surface area contributed by atoms with Crippen molar-refractivity contribution < 1.29 is 0 Å². The van der Waals surface area contributed by atoms with Gasteiger partial charge in [0.05, 0.1) is 22.4 Å². The molecule has 2 aromatic heterocycles. The van der Waals surface area contributed by atoms with Crippen molar-refractivity contribution in [2.75, 3.05) is 0 Å². The molecule has 2 aromatic rings. The quantitative estimate of drug-likeness (QED) is 0.915. The number of H-pyrrole nitrogens is 1. The van der Waals surface area contributed by atoms with Gasteiger partial charge in [0.15, 0.2) is 0 Å². The number of aromatic nitrogens is 4. The van der Waals surface area contributed by atoms with Crippen LogP contribution in [0.2, 0.25) is 5.02 Å². The zero-order chi connectivity index (χ0) is 14.2. The van der Waals surface area contributed by atoms with Crippen LogP contribution in [0, 0.1) is 6.92 Å². The third-order valence-corrected chi connectivity index (χ3v) is 4.04. The molecule has 8 heteroatoms. The van der Waals surface area contributed by atoms with E-state index in [1.165, 1.54) is 10.8 Å². The normalized spacial score (nSPS) is 10.9. The van der Waals surface area contributed by atoms with Gasteiger partial charge >= 0.3 is 5.69 Å². The summed E-state index contributed by atoms with van der Waals surface area (Å²) in [6.07, 6.45) is 1.33. The molecule has 102 valence electrons. The van der Waals surface area contributed by atoms with Crippen LogP contribution in [0.5, 0.6) is 0 Å². The van der Waals surface area contributed by atoms with Crippen LogP contribution in [0.15, 0.2) is 20.3 Å². The van der Waals surface area contributed by atoms with E-state index in [9.17, 15) is 9.59 Å². The Balaban J connectivity index is 2.50. The van der Waals surface area contributed by atoms with Gasteiger partial charge in [-0.2, -0.15) is 5.10 Å². The van der Waals surface area contributed by atoms with E-state index < -0.39 is 11.2 Å². The molecule has 0 saturated carbocycles. The lowest BCUT2D eigenvalue weighted by Crippen LogP contribution is -2.30. The topological polar surface area (TPSA) is 72.7 Å². The Morgan fingerprint density at radius 3 is 2.79 bits per heavy atom. The van der Waals surface area contributed by atoms with Gasteiger partial charge in [-0.05, 0) is 29.8 Å².